The van der Waals surface area contributed by atoms with Gasteiger partial charge in [-0.15, -0.1) is 0 Å². The molecule has 0 aromatic heterocycles. The molecule has 1 fully saturated rings. The number of hydrogen-bond acceptors (Lipinski definition) is 5. The summed E-state index contributed by atoms with van der Waals surface area (Å²) in [4.78, 5) is 50.7. The maximum absolute atomic E-state index is 13.2. The van der Waals surface area contributed by atoms with Crippen LogP contribution in [-0.4, -0.2) is 41.8 Å². The Hall–Kier alpha value is -3.60. The normalized spacial score (nSPS) is 14.2. The van der Waals surface area contributed by atoms with E-state index in [0.717, 1.165) is 12.1 Å². The number of rotatable bonds is 6. The van der Waals surface area contributed by atoms with E-state index in [4.69, 9.17) is 16.3 Å². The fourth-order valence-electron chi connectivity index (χ4n) is 2.97. The number of nitrogens with one attached hydrogen (secondary N) is 1. The molecule has 12 heteroatoms. The SMILES string of the molecule is CCOc1ccccc1N1C(=O)C(=O)N(CC(=O)Nc2ccc(Cl)cc2C(F)(F)F)C1=O. The Morgan fingerprint density at radius 3 is 2.44 bits per heavy atom. The molecule has 0 aliphatic carbocycles. The highest BCUT2D eigenvalue weighted by molar-refractivity contribution is 6.53. The molecule has 168 valence electrons. The number of carbonyl (C=O) groups excluding carboxylic acids is 4. The number of amides is 5. The van der Waals surface area contributed by atoms with Gasteiger partial charge in [-0.05, 0) is 37.3 Å². The van der Waals surface area contributed by atoms with E-state index in [0.29, 0.717) is 15.9 Å². The minimum absolute atomic E-state index is 0.00216. The molecule has 8 nitrogen and oxygen atoms in total. The molecule has 0 bridgehead atoms. The molecule has 32 heavy (non-hydrogen) atoms. The van der Waals surface area contributed by atoms with Crippen molar-refractivity contribution in [2.24, 2.45) is 0 Å². The third-order valence-corrected chi connectivity index (χ3v) is 4.56. The van der Waals surface area contributed by atoms with Gasteiger partial charge in [0.25, 0.3) is 0 Å². The predicted octanol–water partition coefficient (Wildman–Crippen LogP) is 3.69. The highest BCUT2D eigenvalue weighted by atomic mass is 35.5. The molecule has 1 heterocycles. The van der Waals surface area contributed by atoms with E-state index in [2.05, 4.69) is 0 Å². The minimum atomic E-state index is -4.82. The first-order valence-electron chi connectivity index (χ1n) is 9.13. The van der Waals surface area contributed by atoms with Crippen molar-refractivity contribution in [1.82, 2.24) is 4.90 Å². The van der Waals surface area contributed by atoms with Crippen molar-refractivity contribution in [3.05, 3.63) is 53.1 Å². The summed E-state index contributed by atoms with van der Waals surface area (Å²) in [5.74, 6) is -3.49. The summed E-state index contributed by atoms with van der Waals surface area (Å²) in [6, 6.07) is 7.53. The lowest BCUT2D eigenvalue weighted by atomic mass is 10.1. The third kappa shape index (κ3) is 4.52. The summed E-state index contributed by atoms with van der Waals surface area (Å²) < 4.78 is 45.0. The van der Waals surface area contributed by atoms with Crippen LogP contribution < -0.4 is 15.0 Å². The van der Waals surface area contributed by atoms with E-state index in [1.54, 1.807) is 13.0 Å². The van der Waals surface area contributed by atoms with Gasteiger partial charge in [-0.1, -0.05) is 23.7 Å². The number of para-hydroxylation sites is 2. The van der Waals surface area contributed by atoms with Crippen LogP contribution >= 0.6 is 11.6 Å². The number of imide groups is 2. The summed E-state index contributed by atoms with van der Waals surface area (Å²) in [6.45, 7) is 0.921. The van der Waals surface area contributed by atoms with E-state index in [1.807, 2.05) is 5.32 Å². The first-order chi connectivity index (χ1) is 15.0. The standard InChI is InChI=1S/C20H15ClF3N3O5/c1-2-32-15-6-4-3-5-14(15)27-18(30)17(29)26(19(27)31)10-16(28)25-13-8-7-11(21)9-12(13)20(22,23)24/h3-9H,2,10H2,1H3,(H,25,28). The molecule has 2 aromatic rings. The fourth-order valence-corrected chi connectivity index (χ4v) is 3.14. The molecule has 1 aliphatic heterocycles. The average Bonchev–Trinajstić information content (AvgIpc) is 2.92. The van der Waals surface area contributed by atoms with Crippen molar-refractivity contribution in [3.63, 3.8) is 0 Å². The van der Waals surface area contributed by atoms with Gasteiger partial charge in [-0.2, -0.15) is 13.2 Å². The van der Waals surface area contributed by atoms with Gasteiger partial charge in [0.1, 0.15) is 12.3 Å². The number of alkyl halides is 3. The Bertz CT molecular complexity index is 1110. The highest BCUT2D eigenvalue weighted by Gasteiger charge is 2.47. The van der Waals surface area contributed by atoms with E-state index in [1.165, 1.54) is 18.2 Å². The van der Waals surface area contributed by atoms with Crippen molar-refractivity contribution >= 4 is 46.7 Å². The fraction of sp³-hybridized carbons (Fsp3) is 0.200. The minimum Gasteiger partial charge on any atom is -0.492 e. The molecule has 0 saturated carbocycles. The van der Waals surface area contributed by atoms with Crippen LogP contribution in [0.15, 0.2) is 42.5 Å². The van der Waals surface area contributed by atoms with Gasteiger partial charge in [0.2, 0.25) is 5.91 Å². The molecule has 0 unspecified atom stereocenters. The van der Waals surface area contributed by atoms with E-state index >= 15 is 0 Å². The Labute approximate surface area is 184 Å². The molecule has 3 rings (SSSR count). The van der Waals surface area contributed by atoms with Crippen molar-refractivity contribution in [2.45, 2.75) is 13.1 Å². The van der Waals surface area contributed by atoms with Gasteiger partial charge in [0.05, 0.1) is 23.5 Å². The second-order valence-corrected chi connectivity index (χ2v) is 6.89. The van der Waals surface area contributed by atoms with Gasteiger partial charge in [0, 0.05) is 5.02 Å². The summed E-state index contributed by atoms with van der Waals surface area (Å²) in [7, 11) is 0. The number of nitrogens with zero attached hydrogens (tertiary/aromatic N) is 2. The topological polar surface area (TPSA) is 96.0 Å². The summed E-state index contributed by atoms with van der Waals surface area (Å²) >= 11 is 5.60. The molecule has 5 amide bonds. The maximum Gasteiger partial charge on any atom is 0.418 e. The molecule has 1 aliphatic rings. The predicted molar refractivity (Wildman–Crippen MR) is 107 cm³/mol. The molecule has 0 radical (unpaired) electrons. The molecular weight excluding hydrogens is 455 g/mol. The van der Waals surface area contributed by atoms with Gasteiger partial charge >= 0.3 is 24.0 Å². The van der Waals surface area contributed by atoms with E-state index in [-0.39, 0.29) is 23.1 Å². The Morgan fingerprint density at radius 2 is 1.78 bits per heavy atom. The van der Waals surface area contributed by atoms with Crippen LogP contribution in [0, 0.1) is 0 Å². The lowest BCUT2D eigenvalue weighted by Gasteiger charge is -2.18. The Balaban J connectivity index is 1.82. The monoisotopic (exact) mass is 469 g/mol. The number of anilines is 2. The van der Waals surface area contributed by atoms with Crippen molar-refractivity contribution in [1.29, 1.82) is 0 Å². The molecule has 1 N–H and O–H groups in total. The maximum atomic E-state index is 13.2. The number of carbonyl (C=O) groups is 4. The van der Waals surface area contributed by atoms with Crippen LogP contribution in [-0.2, 0) is 20.6 Å². The zero-order valence-corrected chi connectivity index (χ0v) is 17.2. The molecule has 1 saturated heterocycles. The van der Waals surface area contributed by atoms with Gasteiger partial charge in [-0.3, -0.25) is 14.4 Å². The van der Waals surface area contributed by atoms with E-state index < -0.39 is 47.7 Å². The number of ether oxygens (including phenoxy) is 1. The highest BCUT2D eigenvalue weighted by Crippen LogP contribution is 2.36. The quantitative estimate of drug-likeness (QED) is 0.514. The molecular formula is C20H15ClF3N3O5. The summed E-state index contributed by atoms with van der Waals surface area (Å²) in [5, 5.41) is 1.80. The largest absolute Gasteiger partial charge is 0.492 e. The number of benzene rings is 2. The van der Waals surface area contributed by atoms with Crippen LogP contribution in [0.1, 0.15) is 12.5 Å². The zero-order valence-electron chi connectivity index (χ0n) is 16.4. The summed E-state index contributed by atoms with van der Waals surface area (Å²) in [6.07, 6.45) is -4.82. The average molecular weight is 470 g/mol. The number of halogens is 4. The van der Waals surface area contributed by atoms with Crippen molar-refractivity contribution in [3.8, 4) is 5.75 Å². The third-order valence-electron chi connectivity index (χ3n) is 4.32. The van der Waals surface area contributed by atoms with Crippen LogP contribution in [0.5, 0.6) is 5.75 Å². The zero-order chi connectivity index (χ0) is 23.6. The van der Waals surface area contributed by atoms with Gasteiger partial charge in [-0.25, -0.2) is 14.6 Å². The van der Waals surface area contributed by atoms with E-state index in [9.17, 15) is 32.3 Å². The second kappa shape index (κ2) is 8.87. The van der Waals surface area contributed by atoms with Crippen LogP contribution in [0.2, 0.25) is 5.02 Å². The van der Waals surface area contributed by atoms with Crippen LogP contribution in [0.25, 0.3) is 0 Å². The lowest BCUT2D eigenvalue weighted by Crippen LogP contribution is -2.39. The smallest absolute Gasteiger partial charge is 0.418 e. The number of urea groups is 1. The van der Waals surface area contributed by atoms with Crippen molar-refractivity contribution in [2.75, 3.05) is 23.4 Å². The Morgan fingerprint density at radius 1 is 1.09 bits per heavy atom. The first-order valence-corrected chi connectivity index (χ1v) is 9.50. The Kier molecular flexibility index (Phi) is 6.40. The van der Waals surface area contributed by atoms with Gasteiger partial charge < -0.3 is 10.1 Å². The van der Waals surface area contributed by atoms with Crippen molar-refractivity contribution < 1.29 is 37.1 Å². The molecule has 0 spiro atoms. The number of hydrogen-bond donors (Lipinski definition) is 1. The second-order valence-electron chi connectivity index (χ2n) is 6.45. The lowest BCUT2D eigenvalue weighted by molar-refractivity contribution is -0.140. The molecule has 0 atom stereocenters. The van der Waals surface area contributed by atoms with Crippen LogP contribution in [0.4, 0.5) is 29.3 Å². The first kappa shape index (κ1) is 23.1. The van der Waals surface area contributed by atoms with Crippen LogP contribution in [0.3, 0.4) is 0 Å². The summed E-state index contributed by atoms with van der Waals surface area (Å²) in [5.41, 5.74) is -1.82. The van der Waals surface area contributed by atoms with Gasteiger partial charge in [0.15, 0.2) is 0 Å². The molecule has 2 aromatic carbocycles.